The zero-order chi connectivity index (χ0) is 26.7. The Morgan fingerprint density at radius 3 is 2.08 bits per heavy atom. The lowest BCUT2D eigenvalue weighted by Crippen LogP contribution is -2.42. The zero-order valence-corrected chi connectivity index (χ0v) is 21.8. The Labute approximate surface area is 218 Å². The number of carbonyl (C=O) groups excluding carboxylic acids is 2. The second-order valence-electron chi connectivity index (χ2n) is 8.69. The van der Waals surface area contributed by atoms with Crippen molar-refractivity contribution in [2.45, 2.75) is 31.4 Å². The van der Waals surface area contributed by atoms with Crippen LogP contribution in [0.25, 0.3) is 0 Å². The van der Waals surface area contributed by atoms with Gasteiger partial charge in [-0.05, 0) is 41.3 Å². The Hall–Kier alpha value is -3.69. The number of rotatable bonds is 13. The van der Waals surface area contributed by atoms with Crippen molar-refractivity contribution in [3.63, 3.8) is 0 Å². The normalized spacial score (nSPS) is 12.1. The summed E-state index contributed by atoms with van der Waals surface area (Å²) >= 11 is 0. The summed E-state index contributed by atoms with van der Waals surface area (Å²) in [5.74, 6) is -0.759. The molecule has 3 rings (SSSR count). The van der Waals surface area contributed by atoms with E-state index in [1.54, 1.807) is 19.1 Å². The molecule has 0 heterocycles. The third-order valence-corrected chi connectivity index (χ3v) is 7.45. The Morgan fingerprint density at radius 1 is 0.892 bits per heavy atom. The molecule has 0 bridgehead atoms. The van der Waals surface area contributed by atoms with E-state index in [-0.39, 0.29) is 37.6 Å². The molecule has 0 fully saturated rings. The molecule has 0 aliphatic carbocycles. The van der Waals surface area contributed by atoms with Gasteiger partial charge in [0.25, 0.3) is 0 Å². The van der Waals surface area contributed by atoms with Gasteiger partial charge in [0, 0.05) is 19.5 Å². The SMILES string of the molecule is COc1ccc(S(=O)(=O)N(CC(=O)NCc2ccccc2)CC(C)CC(=O)OCc2ccccc2)cc1. The molecule has 1 atom stereocenters. The molecule has 37 heavy (non-hydrogen) atoms. The molecule has 1 N–H and O–H groups in total. The average molecular weight is 525 g/mol. The first-order chi connectivity index (χ1) is 17.8. The monoisotopic (exact) mass is 524 g/mol. The van der Waals surface area contributed by atoms with Gasteiger partial charge in [0.1, 0.15) is 12.4 Å². The first kappa shape index (κ1) is 27.9. The lowest BCUT2D eigenvalue weighted by molar-refractivity contribution is -0.146. The van der Waals surface area contributed by atoms with Crippen molar-refractivity contribution in [2.24, 2.45) is 5.92 Å². The fourth-order valence-corrected chi connectivity index (χ4v) is 5.17. The Bertz CT molecular complexity index is 1250. The second kappa shape index (κ2) is 13.6. The highest BCUT2D eigenvalue weighted by molar-refractivity contribution is 7.89. The third kappa shape index (κ3) is 8.73. The molecule has 0 aliphatic rings. The number of hydrogen-bond acceptors (Lipinski definition) is 6. The fraction of sp³-hybridized carbons (Fsp3) is 0.286. The van der Waals surface area contributed by atoms with Gasteiger partial charge in [-0.3, -0.25) is 9.59 Å². The van der Waals surface area contributed by atoms with Gasteiger partial charge in [-0.15, -0.1) is 0 Å². The number of hydrogen-bond donors (Lipinski definition) is 1. The van der Waals surface area contributed by atoms with Gasteiger partial charge in [0.2, 0.25) is 15.9 Å². The summed E-state index contributed by atoms with van der Waals surface area (Å²) in [5.41, 5.74) is 1.76. The van der Waals surface area contributed by atoms with Crippen molar-refractivity contribution in [1.82, 2.24) is 9.62 Å². The highest BCUT2D eigenvalue weighted by Crippen LogP contribution is 2.21. The molecule has 0 saturated heterocycles. The summed E-state index contributed by atoms with van der Waals surface area (Å²) in [6.45, 7) is 1.75. The Balaban J connectivity index is 1.67. The predicted octanol–water partition coefficient (Wildman–Crippen LogP) is 3.77. The molecule has 0 radical (unpaired) electrons. The lowest BCUT2D eigenvalue weighted by Gasteiger charge is -2.25. The molecule has 0 aromatic heterocycles. The number of nitrogens with one attached hydrogen (secondary N) is 1. The standard InChI is InChI=1S/C28H32N2O6S/c1-22(17-28(32)36-21-24-11-7-4-8-12-24)19-30(20-27(31)29-18-23-9-5-3-6-10-23)37(33,34)26-15-13-25(35-2)14-16-26/h3-16,22H,17-21H2,1-2H3,(H,29,31). The minimum atomic E-state index is -4.03. The number of amides is 1. The van der Waals surface area contributed by atoms with Gasteiger partial charge in [-0.1, -0.05) is 67.6 Å². The molecule has 1 amide bonds. The van der Waals surface area contributed by atoms with Crippen LogP contribution in [0.3, 0.4) is 0 Å². The van der Waals surface area contributed by atoms with E-state index < -0.39 is 27.8 Å². The van der Waals surface area contributed by atoms with Crippen LogP contribution in [-0.2, 0) is 37.5 Å². The smallest absolute Gasteiger partial charge is 0.306 e. The number of ether oxygens (including phenoxy) is 2. The topological polar surface area (TPSA) is 102 Å². The molecule has 1 unspecified atom stereocenters. The third-order valence-electron chi connectivity index (χ3n) is 5.62. The minimum Gasteiger partial charge on any atom is -0.497 e. The molecule has 0 saturated carbocycles. The van der Waals surface area contributed by atoms with E-state index in [1.807, 2.05) is 60.7 Å². The summed E-state index contributed by atoms with van der Waals surface area (Å²) in [5, 5.41) is 2.77. The number of sulfonamides is 1. The van der Waals surface area contributed by atoms with Crippen molar-refractivity contribution in [3.05, 3.63) is 96.1 Å². The van der Waals surface area contributed by atoms with Crippen LogP contribution in [0.1, 0.15) is 24.5 Å². The molecule has 196 valence electrons. The van der Waals surface area contributed by atoms with Gasteiger partial charge in [0.05, 0.1) is 18.6 Å². The van der Waals surface area contributed by atoms with Gasteiger partial charge in [-0.2, -0.15) is 4.31 Å². The molecular formula is C28H32N2O6S. The lowest BCUT2D eigenvalue weighted by atomic mass is 10.1. The zero-order valence-electron chi connectivity index (χ0n) is 21.0. The van der Waals surface area contributed by atoms with Crippen molar-refractivity contribution in [3.8, 4) is 5.75 Å². The van der Waals surface area contributed by atoms with Crippen molar-refractivity contribution < 1.29 is 27.5 Å². The van der Waals surface area contributed by atoms with Gasteiger partial charge in [-0.25, -0.2) is 8.42 Å². The number of carbonyl (C=O) groups is 2. The Kier molecular flexibility index (Phi) is 10.2. The van der Waals surface area contributed by atoms with Crippen LogP contribution in [0, 0.1) is 5.92 Å². The van der Waals surface area contributed by atoms with E-state index in [1.165, 1.54) is 19.2 Å². The summed E-state index contributed by atoms with van der Waals surface area (Å²) in [6.07, 6.45) is 0.00704. The van der Waals surface area contributed by atoms with E-state index >= 15 is 0 Å². The van der Waals surface area contributed by atoms with Gasteiger partial charge >= 0.3 is 5.97 Å². The molecule has 3 aromatic carbocycles. The van der Waals surface area contributed by atoms with Crippen LogP contribution >= 0.6 is 0 Å². The van der Waals surface area contributed by atoms with Crippen molar-refractivity contribution in [2.75, 3.05) is 20.2 Å². The summed E-state index contributed by atoms with van der Waals surface area (Å²) in [4.78, 5) is 25.2. The highest BCUT2D eigenvalue weighted by Gasteiger charge is 2.29. The maximum Gasteiger partial charge on any atom is 0.306 e. The maximum atomic E-state index is 13.5. The van der Waals surface area contributed by atoms with Crippen LogP contribution in [-0.4, -0.2) is 44.8 Å². The molecule has 0 aliphatic heterocycles. The van der Waals surface area contributed by atoms with E-state index in [0.29, 0.717) is 5.75 Å². The molecule has 8 nitrogen and oxygen atoms in total. The van der Waals surface area contributed by atoms with Crippen LogP contribution < -0.4 is 10.1 Å². The van der Waals surface area contributed by atoms with Crippen molar-refractivity contribution in [1.29, 1.82) is 0 Å². The summed E-state index contributed by atoms with van der Waals surface area (Å²) in [6, 6.07) is 24.6. The maximum absolute atomic E-state index is 13.5. The molecule has 9 heteroatoms. The van der Waals surface area contributed by atoms with Crippen LogP contribution in [0.2, 0.25) is 0 Å². The largest absolute Gasteiger partial charge is 0.497 e. The predicted molar refractivity (Wildman–Crippen MR) is 140 cm³/mol. The average Bonchev–Trinajstić information content (AvgIpc) is 2.91. The molecule has 0 spiro atoms. The van der Waals surface area contributed by atoms with E-state index in [2.05, 4.69) is 5.32 Å². The summed E-state index contributed by atoms with van der Waals surface area (Å²) < 4.78 is 38.5. The first-order valence-electron chi connectivity index (χ1n) is 11.9. The Morgan fingerprint density at radius 2 is 1.49 bits per heavy atom. The first-order valence-corrected chi connectivity index (χ1v) is 13.4. The van der Waals surface area contributed by atoms with Crippen molar-refractivity contribution >= 4 is 21.9 Å². The van der Waals surface area contributed by atoms with E-state index in [0.717, 1.165) is 15.4 Å². The number of methoxy groups -OCH3 is 1. The number of nitrogens with zero attached hydrogens (tertiary/aromatic N) is 1. The van der Waals surface area contributed by atoms with Gasteiger partial charge in [0.15, 0.2) is 0 Å². The fourth-order valence-electron chi connectivity index (χ4n) is 3.65. The number of benzene rings is 3. The quantitative estimate of drug-likeness (QED) is 0.342. The summed E-state index contributed by atoms with van der Waals surface area (Å²) in [7, 11) is -2.53. The minimum absolute atomic E-state index is 0.00704. The van der Waals surface area contributed by atoms with E-state index in [9.17, 15) is 18.0 Å². The van der Waals surface area contributed by atoms with Crippen LogP contribution in [0.5, 0.6) is 5.75 Å². The second-order valence-corrected chi connectivity index (χ2v) is 10.6. The van der Waals surface area contributed by atoms with Crippen LogP contribution in [0.4, 0.5) is 0 Å². The van der Waals surface area contributed by atoms with E-state index in [4.69, 9.17) is 9.47 Å². The highest BCUT2D eigenvalue weighted by atomic mass is 32.2. The van der Waals surface area contributed by atoms with Gasteiger partial charge < -0.3 is 14.8 Å². The molecular weight excluding hydrogens is 492 g/mol. The number of esters is 1. The molecule has 3 aromatic rings. The van der Waals surface area contributed by atoms with Crippen LogP contribution in [0.15, 0.2) is 89.8 Å².